The van der Waals surface area contributed by atoms with E-state index in [-0.39, 0.29) is 0 Å². The fourth-order valence-corrected chi connectivity index (χ4v) is 12.8. The SMILES string of the molecule is Cc1cccc(-n2c3c(c4ccccc42)C=C(c2ccc(N(c4ccc(-c5ccc6c(c5)c5ccccc5n6-c5cccc(C)c5)cc4)c4ccc(-c5ccc6c(c5)c5ccccc5n6-c5cccc(C)c5)cc4)cc2)CC3)c1. The third-order valence-corrected chi connectivity index (χ3v) is 16.5. The molecule has 3 aromatic heterocycles. The third kappa shape index (κ3) is 7.90. The van der Waals surface area contributed by atoms with Crippen LogP contribution in [0.1, 0.15) is 39.9 Å². The van der Waals surface area contributed by atoms with Gasteiger partial charge in [0, 0.05) is 72.3 Å². The van der Waals surface area contributed by atoms with Crippen LogP contribution in [-0.4, -0.2) is 13.7 Å². The molecular weight excluding hydrogens is 957 g/mol. The lowest BCUT2D eigenvalue weighted by molar-refractivity contribution is 0.897. The van der Waals surface area contributed by atoms with Crippen LogP contribution in [0.3, 0.4) is 0 Å². The second-order valence-corrected chi connectivity index (χ2v) is 21.5. The van der Waals surface area contributed by atoms with E-state index in [1.165, 1.54) is 133 Å². The summed E-state index contributed by atoms with van der Waals surface area (Å²) in [6.45, 7) is 6.50. The van der Waals surface area contributed by atoms with Crippen LogP contribution in [-0.2, 0) is 6.42 Å². The van der Waals surface area contributed by atoms with E-state index in [0.717, 1.165) is 29.9 Å². The molecule has 11 aromatic carbocycles. The first-order valence-electron chi connectivity index (χ1n) is 27.6. The van der Waals surface area contributed by atoms with E-state index in [9.17, 15) is 0 Å². The minimum atomic E-state index is 0.970. The second kappa shape index (κ2) is 18.7. The maximum atomic E-state index is 2.48. The molecule has 4 nitrogen and oxygen atoms in total. The third-order valence-electron chi connectivity index (χ3n) is 16.5. The van der Waals surface area contributed by atoms with Crippen LogP contribution in [0.2, 0.25) is 0 Å². The topological polar surface area (TPSA) is 18.0 Å². The highest BCUT2D eigenvalue weighted by atomic mass is 15.1. The summed E-state index contributed by atoms with van der Waals surface area (Å²) in [5.41, 5.74) is 26.8. The van der Waals surface area contributed by atoms with E-state index < -0.39 is 0 Å². The van der Waals surface area contributed by atoms with Crippen LogP contribution in [0.15, 0.2) is 255 Å². The van der Waals surface area contributed by atoms with Crippen LogP contribution < -0.4 is 4.90 Å². The van der Waals surface area contributed by atoms with Crippen molar-refractivity contribution < 1.29 is 0 Å². The summed E-state index contributed by atoms with van der Waals surface area (Å²) in [5, 5.41) is 6.30. The predicted octanol–water partition coefficient (Wildman–Crippen LogP) is 20.0. The van der Waals surface area contributed by atoms with Gasteiger partial charge in [0.05, 0.1) is 27.6 Å². The monoisotopic (exact) mass is 1010 g/mol. The number of hydrogen-bond donors (Lipinski definition) is 0. The van der Waals surface area contributed by atoms with Gasteiger partial charge in [0.2, 0.25) is 0 Å². The highest BCUT2D eigenvalue weighted by molar-refractivity contribution is 6.12. The van der Waals surface area contributed by atoms with Gasteiger partial charge in [0.25, 0.3) is 0 Å². The molecule has 3 heterocycles. The fraction of sp³-hybridized carbons (Fsp3) is 0.0667. The average molecular weight is 1010 g/mol. The molecule has 0 amide bonds. The molecular formula is C75H56N4. The van der Waals surface area contributed by atoms with Crippen molar-refractivity contribution in [3.05, 3.63) is 288 Å². The summed E-state index contributed by atoms with van der Waals surface area (Å²) < 4.78 is 7.28. The Morgan fingerprint density at radius 1 is 0.291 bits per heavy atom. The molecule has 0 unspecified atom stereocenters. The lowest BCUT2D eigenvalue weighted by Gasteiger charge is -2.26. The van der Waals surface area contributed by atoms with Gasteiger partial charge < -0.3 is 18.6 Å². The Morgan fingerprint density at radius 3 is 1.13 bits per heavy atom. The van der Waals surface area contributed by atoms with Crippen LogP contribution in [0.25, 0.3) is 105 Å². The molecule has 0 saturated carbocycles. The molecule has 0 spiro atoms. The number of benzene rings is 11. The van der Waals surface area contributed by atoms with Crippen molar-refractivity contribution in [2.45, 2.75) is 33.6 Å². The molecule has 1 aliphatic carbocycles. The Labute approximate surface area is 460 Å². The largest absolute Gasteiger partial charge is 0.313 e. The maximum Gasteiger partial charge on any atom is 0.0541 e. The Kier molecular flexibility index (Phi) is 11.0. The lowest BCUT2D eigenvalue weighted by Crippen LogP contribution is -2.10. The van der Waals surface area contributed by atoms with Gasteiger partial charge in [-0.2, -0.15) is 0 Å². The number of nitrogens with zero attached hydrogens (tertiary/aromatic N) is 4. The molecule has 0 radical (unpaired) electrons. The smallest absolute Gasteiger partial charge is 0.0541 e. The Bertz CT molecular complexity index is 4530. The molecule has 0 saturated heterocycles. The second-order valence-electron chi connectivity index (χ2n) is 21.5. The quantitative estimate of drug-likeness (QED) is 0.141. The van der Waals surface area contributed by atoms with Crippen molar-refractivity contribution in [3.63, 3.8) is 0 Å². The highest BCUT2D eigenvalue weighted by Crippen LogP contribution is 2.43. The molecule has 0 aliphatic heterocycles. The van der Waals surface area contributed by atoms with Gasteiger partial charge in [-0.3, -0.25) is 0 Å². The maximum absolute atomic E-state index is 2.48. The number of aromatic nitrogens is 3. The summed E-state index contributed by atoms with van der Waals surface area (Å²) in [4.78, 5) is 2.40. The van der Waals surface area contributed by atoms with Crippen LogP contribution >= 0.6 is 0 Å². The summed E-state index contributed by atoms with van der Waals surface area (Å²) in [6, 6.07) is 94.3. The van der Waals surface area contributed by atoms with E-state index in [2.05, 4.69) is 300 Å². The summed E-state index contributed by atoms with van der Waals surface area (Å²) in [6.07, 6.45) is 4.39. The highest BCUT2D eigenvalue weighted by Gasteiger charge is 2.23. The van der Waals surface area contributed by atoms with E-state index in [1.54, 1.807) is 0 Å². The number of rotatable bonds is 9. The molecule has 79 heavy (non-hydrogen) atoms. The van der Waals surface area contributed by atoms with Gasteiger partial charge in [-0.1, -0.05) is 140 Å². The number of aryl methyl sites for hydroxylation is 3. The zero-order valence-corrected chi connectivity index (χ0v) is 44.5. The average Bonchev–Trinajstić information content (AvgIpc) is 4.36. The van der Waals surface area contributed by atoms with Crippen LogP contribution in [0.4, 0.5) is 17.1 Å². The van der Waals surface area contributed by atoms with Gasteiger partial charge in [0.15, 0.2) is 0 Å². The number of anilines is 3. The van der Waals surface area contributed by atoms with Gasteiger partial charge >= 0.3 is 0 Å². The first kappa shape index (κ1) is 46.4. The molecule has 1 aliphatic rings. The van der Waals surface area contributed by atoms with Gasteiger partial charge in [-0.25, -0.2) is 0 Å². The zero-order valence-electron chi connectivity index (χ0n) is 44.5. The van der Waals surface area contributed by atoms with Gasteiger partial charge in [-0.15, -0.1) is 0 Å². The molecule has 15 rings (SSSR count). The molecule has 14 aromatic rings. The molecule has 376 valence electrons. The number of fused-ring (bicyclic) bond motifs is 9. The Balaban J connectivity index is 0.805. The predicted molar refractivity (Wildman–Crippen MR) is 334 cm³/mol. The molecule has 0 fully saturated rings. The normalized spacial score (nSPS) is 12.5. The molecule has 0 N–H and O–H groups in total. The van der Waals surface area contributed by atoms with Gasteiger partial charge in [-0.05, 0) is 205 Å². The van der Waals surface area contributed by atoms with Gasteiger partial charge in [0.1, 0.15) is 0 Å². The van der Waals surface area contributed by atoms with Crippen molar-refractivity contribution in [1.29, 1.82) is 0 Å². The molecule has 4 heteroatoms. The Hall–Kier alpha value is -9.90. The minimum Gasteiger partial charge on any atom is -0.313 e. The molecule has 0 atom stereocenters. The van der Waals surface area contributed by atoms with Crippen molar-refractivity contribution in [2.75, 3.05) is 4.90 Å². The zero-order chi connectivity index (χ0) is 52.7. The van der Waals surface area contributed by atoms with Crippen molar-refractivity contribution in [3.8, 4) is 39.3 Å². The van der Waals surface area contributed by atoms with Crippen LogP contribution in [0.5, 0.6) is 0 Å². The Morgan fingerprint density at radius 2 is 0.671 bits per heavy atom. The van der Waals surface area contributed by atoms with E-state index in [1.807, 2.05) is 0 Å². The standard InChI is InChI=1S/C75H56N4/c1-49-13-10-16-61(43-49)77-70-22-7-4-19-64(70)67-46-55(31-40-73(67)77)52-25-34-58(35-26-52)76(59-36-27-53(28-37-59)56-32-41-74-68(47-56)65-20-5-8-23-71(65)78(74)62-17-11-14-50(2)44-62)60-38-29-54(30-39-60)57-33-42-75-69(48-57)66-21-6-9-24-72(66)79(75)63-18-12-15-51(3)45-63/h4-32,34-41,43-48H,33,42H2,1-3H3. The van der Waals surface area contributed by atoms with E-state index in [4.69, 9.17) is 0 Å². The fourth-order valence-electron chi connectivity index (χ4n) is 12.8. The van der Waals surface area contributed by atoms with E-state index >= 15 is 0 Å². The van der Waals surface area contributed by atoms with Crippen molar-refractivity contribution >= 4 is 83.2 Å². The summed E-state index contributed by atoms with van der Waals surface area (Å²) >= 11 is 0. The number of para-hydroxylation sites is 3. The minimum absolute atomic E-state index is 0.970. The summed E-state index contributed by atoms with van der Waals surface area (Å²) in [5.74, 6) is 0. The molecule has 0 bridgehead atoms. The van der Waals surface area contributed by atoms with Crippen LogP contribution in [0, 0.1) is 20.8 Å². The number of allylic oxidation sites excluding steroid dienone is 1. The van der Waals surface area contributed by atoms with E-state index in [0.29, 0.717) is 0 Å². The lowest BCUT2D eigenvalue weighted by atomic mass is 9.91. The van der Waals surface area contributed by atoms with Crippen molar-refractivity contribution in [1.82, 2.24) is 13.7 Å². The number of hydrogen-bond acceptors (Lipinski definition) is 1. The first-order chi connectivity index (χ1) is 38.9. The first-order valence-corrected chi connectivity index (χ1v) is 27.6. The van der Waals surface area contributed by atoms with Crippen molar-refractivity contribution in [2.24, 2.45) is 0 Å². The summed E-state index contributed by atoms with van der Waals surface area (Å²) in [7, 11) is 0.